The maximum Gasteiger partial charge on any atom is 0.354 e. The number of pyridine rings is 2. The molecule has 0 saturated carbocycles. The van der Waals surface area contributed by atoms with E-state index in [-0.39, 0.29) is 23.5 Å². The molecule has 0 spiro atoms. The molecule has 0 bridgehead atoms. The van der Waals surface area contributed by atoms with E-state index < -0.39 is 0 Å². The van der Waals surface area contributed by atoms with Gasteiger partial charge in [-0.15, -0.1) is 0 Å². The summed E-state index contributed by atoms with van der Waals surface area (Å²) in [6, 6.07) is 23.5. The van der Waals surface area contributed by atoms with Gasteiger partial charge in [0, 0.05) is 22.3 Å². The Morgan fingerprint density at radius 1 is 0.971 bits per heavy atom. The summed E-state index contributed by atoms with van der Waals surface area (Å²) in [5.74, 6) is 0.992. The van der Waals surface area contributed by atoms with Crippen molar-refractivity contribution in [2.24, 2.45) is 0 Å². The van der Waals surface area contributed by atoms with Gasteiger partial charge in [-0.2, -0.15) is 8.97 Å². The number of hydrogen-bond acceptors (Lipinski definition) is 4. The highest BCUT2D eigenvalue weighted by Crippen LogP contribution is 2.26. The molecule has 0 saturated heterocycles. The van der Waals surface area contributed by atoms with Gasteiger partial charge in [0.15, 0.2) is 11.3 Å². The maximum atomic E-state index is 13.5. The van der Waals surface area contributed by atoms with Crippen molar-refractivity contribution in [1.29, 1.82) is 0 Å². The van der Waals surface area contributed by atoms with E-state index in [1.165, 1.54) is 4.40 Å². The second kappa shape index (κ2) is 9.29. The molecule has 5 aromatic rings. The summed E-state index contributed by atoms with van der Waals surface area (Å²) in [6.07, 6.45) is 3.27. The molecule has 0 atom stereocenters. The standard InChI is InChI=1S/C26H17BrClN3O3/c27-19-7-9-20(10-8-19)34-21-11-13-23-30(15-17-6-12-22(28)29-14-17)25(32)24(26(33)31(23)16-21)18-4-2-1-3-5-18/h1-14,16H,15H2/p+1. The molecule has 0 radical (unpaired) electrons. The summed E-state index contributed by atoms with van der Waals surface area (Å²) in [5.41, 5.74) is 1.77. The van der Waals surface area contributed by atoms with E-state index >= 15 is 0 Å². The molecule has 8 heteroatoms. The Hall–Kier alpha value is -3.68. The first-order chi connectivity index (χ1) is 16.5. The third-order valence-electron chi connectivity index (χ3n) is 5.33. The van der Waals surface area contributed by atoms with Crippen LogP contribution in [0.15, 0.2) is 101 Å². The average molecular weight is 536 g/mol. The lowest BCUT2D eigenvalue weighted by atomic mass is 10.1. The fraction of sp³-hybridized carbons (Fsp3) is 0.0385. The Labute approximate surface area is 208 Å². The van der Waals surface area contributed by atoms with Gasteiger partial charge in [-0.3, -0.25) is 0 Å². The minimum absolute atomic E-state index is 0.132. The maximum absolute atomic E-state index is 13.5. The predicted octanol–water partition coefficient (Wildman–Crippen LogP) is 5.61. The van der Waals surface area contributed by atoms with Crippen LogP contribution in [0.2, 0.25) is 5.15 Å². The number of aromatic hydroxyl groups is 1. The number of hydrogen-bond donors (Lipinski definition) is 1. The van der Waals surface area contributed by atoms with E-state index in [2.05, 4.69) is 20.9 Å². The molecule has 1 N–H and O–H groups in total. The monoisotopic (exact) mass is 534 g/mol. The molecule has 0 unspecified atom stereocenters. The third kappa shape index (κ3) is 4.40. The number of fused-ring (bicyclic) bond motifs is 1. The molecule has 3 heterocycles. The van der Waals surface area contributed by atoms with Crippen LogP contribution >= 0.6 is 27.5 Å². The third-order valence-corrected chi connectivity index (χ3v) is 6.08. The van der Waals surface area contributed by atoms with Crippen LogP contribution in [0.5, 0.6) is 17.4 Å². The number of nitrogens with zero attached hydrogens (tertiary/aromatic N) is 3. The van der Waals surface area contributed by atoms with Crippen LogP contribution in [0.4, 0.5) is 0 Å². The van der Waals surface area contributed by atoms with Crippen LogP contribution in [-0.4, -0.2) is 14.5 Å². The van der Waals surface area contributed by atoms with E-state index in [0.717, 1.165) is 10.0 Å². The molecule has 5 rings (SSSR count). The second-order valence-corrected chi connectivity index (χ2v) is 8.90. The lowest BCUT2D eigenvalue weighted by molar-refractivity contribution is -0.671. The zero-order valence-corrected chi connectivity index (χ0v) is 20.1. The molecule has 0 amide bonds. The van der Waals surface area contributed by atoms with Gasteiger partial charge >= 0.3 is 5.56 Å². The summed E-state index contributed by atoms with van der Waals surface area (Å²) in [5, 5.41) is 11.6. The smallest absolute Gasteiger partial charge is 0.354 e. The van der Waals surface area contributed by atoms with Crippen LogP contribution < -0.4 is 14.9 Å². The summed E-state index contributed by atoms with van der Waals surface area (Å²) in [6.45, 7) is 0.284. The van der Waals surface area contributed by atoms with Gasteiger partial charge in [0.05, 0.1) is 0 Å². The van der Waals surface area contributed by atoms with Crippen LogP contribution in [-0.2, 0) is 6.54 Å². The van der Waals surface area contributed by atoms with Gasteiger partial charge in [0.25, 0.3) is 11.5 Å². The van der Waals surface area contributed by atoms with Gasteiger partial charge in [-0.05, 0) is 42.0 Å². The Balaban J connectivity index is 1.69. The van der Waals surface area contributed by atoms with Gasteiger partial charge in [0.1, 0.15) is 23.6 Å². The molecule has 6 nitrogen and oxygen atoms in total. The van der Waals surface area contributed by atoms with Crippen molar-refractivity contribution in [3.05, 3.63) is 117 Å². The highest BCUT2D eigenvalue weighted by molar-refractivity contribution is 9.10. The molecular formula is C26H18BrClN3O3+. The van der Waals surface area contributed by atoms with Crippen molar-refractivity contribution < 1.29 is 14.4 Å². The van der Waals surface area contributed by atoms with Crippen molar-refractivity contribution in [2.75, 3.05) is 0 Å². The fourth-order valence-corrected chi connectivity index (χ4v) is 4.09. The Morgan fingerprint density at radius 3 is 2.41 bits per heavy atom. The van der Waals surface area contributed by atoms with E-state index in [1.807, 2.05) is 48.5 Å². The van der Waals surface area contributed by atoms with E-state index in [0.29, 0.717) is 27.9 Å². The summed E-state index contributed by atoms with van der Waals surface area (Å²) in [7, 11) is 0. The summed E-state index contributed by atoms with van der Waals surface area (Å²) >= 11 is 9.34. The first-order valence-electron chi connectivity index (χ1n) is 10.4. The van der Waals surface area contributed by atoms with Gasteiger partial charge in [0.2, 0.25) is 0 Å². The molecule has 0 fully saturated rings. The zero-order valence-electron chi connectivity index (χ0n) is 17.7. The molecular weight excluding hydrogens is 518 g/mol. The van der Waals surface area contributed by atoms with Crippen molar-refractivity contribution in [1.82, 2.24) is 9.38 Å². The SMILES string of the molecule is O=c1c(-c2ccccc2)c(O)[n+](Cc2ccc(Cl)nc2)c2ccc(Oc3ccc(Br)cc3)cn12. The van der Waals surface area contributed by atoms with Crippen LogP contribution in [0.1, 0.15) is 5.56 Å². The molecule has 168 valence electrons. The molecule has 34 heavy (non-hydrogen) atoms. The minimum atomic E-state index is -0.356. The van der Waals surface area contributed by atoms with E-state index in [9.17, 15) is 9.90 Å². The zero-order chi connectivity index (χ0) is 23.7. The Kier molecular flexibility index (Phi) is 6.04. The first-order valence-corrected chi connectivity index (χ1v) is 11.6. The van der Waals surface area contributed by atoms with Crippen LogP contribution in [0.25, 0.3) is 16.8 Å². The molecule has 0 aliphatic rings. The number of halogens is 2. The number of benzene rings is 2. The lowest BCUT2D eigenvalue weighted by Crippen LogP contribution is -2.41. The van der Waals surface area contributed by atoms with Crippen molar-refractivity contribution >= 4 is 33.2 Å². The van der Waals surface area contributed by atoms with Crippen molar-refractivity contribution in [3.8, 4) is 28.5 Å². The number of ether oxygens (including phenoxy) is 1. The van der Waals surface area contributed by atoms with Crippen LogP contribution in [0.3, 0.4) is 0 Å². The highest BCUT2D eigenvalue weighted by atomic mass is 79.9. The van der Waals surface area contributed by atoms with Crippen molar-refractivity contribution in [3.63, 3.8) is 0 Å². The number of aromatic nitrogens is 3. The average Bonchev–Trinajstić information content (AvgIpc) is 2.85. The van der Waals surface area contributed by atoms with Gasteiger partial charge < -0.3 is 9.84 Å². The minimum Gasteiger partial charge on any atom is -0.477 e. The van der Waals surface area contributed by atoms with E-state index in [1.54, 1.807) is 47.3 Å². The number of rotatable bonds is 5. The summed E-state index contributed by atoms with van der Waals surface area (Å²) in [4.78, 5) is 17.7. The quantitative estimate of drug-likeness (QED) is 0.235. The predicted molar refractivity (Wildman–Crippen MR) is 134 cm³/mol. The molecule has 0 aliphatic heterocycles. The van der Waals surface area contributed by atoms with Gasteiger partial charge in [-0.25, -0.2) is 9.78 Å². The topological polar surface area (TPSA) is 67.7 Å². The lowest BCUT2D eigenvalue weighted by Gasteiger charge is -2.11. The second-order valence-electron chi connectivity index (χ2n) is 7.59. The first kappa shape index (κ1) is 22.1. The largest absolute Gasteiger partial charge is 0.477 e. The summed E-state index contributed by atoms with van der Waals surface area (Å²) < 4.78 is 10.1. The Morgan fingerprint density at radius 2 is 1.71 bits per heavy atom. The fourth-order valence-electron chi connectivity index (χ4n) is 3.71. The van der Waals surface area contributed by atoms with Gasteiger partial charge in [-0.1, -0.05) is 63.9 Å². The van der Waals surface area contributed by atoms with Crippen LogP contribution in [0, 0.1) is 0 Å². The normalized spacial score (nSPS) is 11.0. The Bertz CT molecular complexity index is 1540. The highest BCUT2D eigenvalue weighted by Gasteiger charge is 2.26. The molecule has 2 aromatic carbocycles. The molecule has 0 aliphatic carbocycles. The molecule has 3 aromatic heterocycles. The van der Waals surface area contributed by atoms with E-state index in [4.69, 9.17) is 16.3 Å². The van der Waals surface area contributed by atoms with Crippen molar-refractivity contribution in [2.45, 2.75) is 6.54 Å².